The van der Waals surface area contributed by atoms with Crippen molar-refractivity contribution in [1.82, 2.24) is 4.90 Å². The molecule has 2 rings (SSSR count). The molecule has 1 N–H and O–H groups in total. The third kappa shape index (κ3) is 3.56. The van der Waals surface area contributed by atoms with Gasteiger partial charge in [0.15, 0.2) is 0 Å². The average molecular weight is 289 g/mol. The molecular weight excluding hydrogens is 271 g/mol. The van der Waals surface area contributed by atoms with Crippen LogP contribution in [0.25, 0.3) is 0 Å². The van der Waals surface area contributed by atoms with Crippen molar-refractivity contribution >= 4 is 0 Å². The zero-order chi connectivity index (χ0) is 14.8. The van der Waals surface area contributed by atoms with Gasteiger partial charge in [0.25, 0.3) is 0 Å². The van der Waals surface area contributed by atoms with Crippen LogP contribution in [0.1, 0.15) is 18.4 Å². The molecule has 1 heterocycles. The van der Waals surface area contributed by atoms with E-state index < -0.39 is 12.1 Å². The molecule has 1 aliphatic rings. The van der Waals surface area contributed by atoms with Crippen LogP contribution in [0.15, 0.2) is 18.2 Å². The van der Waals surface area contributed by atoms with Crippen LogP contribution in [0.5, 0.6) is 11.5 Å². The summed E-state index contributed by atoms with van der Waals surface area (Å²) >= 11 is 0. The van der Waals surface area contributed by atoms with E-state index in [1.54, 1.807) is 12.1 Å². The van der Waals surface area contributed by atoms with Gasteiger partial charge in [-0.3, -0.25) is 4.90 Å². The van der Waals surface area contributed by atoms with Crippen molar-refractivity contribution in [2.75, 3.05) is 20.2 Å². The second kappa shape index (κ2) is 5.91. The van der Waals surface area contributed by atoms with E-state index in [-0.39, 0.29) is 18.6 Å². The third-order valence-corrected chi connectivity index (χ3v) is 3.74. The molecule has 1 aromatic rings. The first kappa shape index (κ1) is 15.0. The van der Waals surface area contributed by atoms with Crippen LogP contribution < -0.4 is 4.74 Å². The summed E-state index contributed by atoms with van der Waals surface area (Å²) in [7, 11) is 1.51. The maximum atomic E-state index is 12.6. The van der Waals surface area contributed by atoms with Crippen molar-refractivity contribution in [1.29, 1.82) is 0 Å². The minimum Gasteiger partial charge on any atom is -0.507 e. The molecule has 0 amide bonds. The van der Waals surface area contributed by atoms with E-state index in [0.29, 0.717) is 30.9 Å². The number of nitrogens with zero attached hydrogens (tertiary/aromatic N) is 1. The van der Waals surface area contributed by atoms with Crippen LogP contribution in [-0.2, 0) is 6.54 Å². The predicted molar refractivity (Wildman–Crippen MR) is 68.7 cm³/mol. The van der Waals surface area contributed by atoms with E-state index in [1.165, 1.54) is 13.2 Å². The van der Waals surface area contributed by atoms with Gasteiger partial charge < -0.3 is 9.84 Å². The highest BCUT2D eigenvalue weighted by atomic mass is 19.4. The number of phenolic OH excluding ortho intramolecular Hbond substituents is 1. The van der Waals surface area contributed by atoms with Crippen LogP contribution in [0.2, 0.25) is 0 Å². The summed E-state index contributed by atoms with van der Waals surface area (Å²) in [5.74, 6) is -0.521. The molecule has 1 aliphatic heterocycles. The van der Waals surface area contributed by atoms with Crippen molar-refractivity contribution in [2.45, 2.75) is 25.6 Å². The number of likely N-dealkylation sites (tertiary alicyclic amines) is 1. The summed E-state index contributed by atoms with van der Waals surface area (Å²) < 4.78 is 42.7. The Bertz CT molecular complexity index is 454. The molecule has 0 aromatic heterocycles. The summed E-state index contributed by atoms with van der Waals surface area (Å²) in [5.41, 5.74) is 0.705. The van der Waals surface area contributed by atoms with Crippen LogP contribution in [0.3, 0.4) is 0 Å². The van der Waals surface area contributed by atoms with Gasteiger partial charge in [-0.05, 0) is 32.0 Å². The highest BCUT2D eigenvalue weighted by Gasteiger charge is 2.40. The van der Waals surface area contributed by atoms with Crippen molar-refractivity contribution in [2.24, 2.45) is 5.92 Å². The summed E-state index contributed by atoms with van der Waals surface area (Å²) in [6, 6.07) is 4.99. The Kier molecular flexibility index (Phi) is 4.42. The zero-order valence-corrected chi connectivity index (χ0v) is 11.3. The van der Waals surface area contributed by atoms with Gasteiger partial charge in [-0.15, -0.1) is 0 Å². The SMILES string of the molecule is COc1ccc(CN2CCC(C(F)(F)F)CC2)c(O)c1. The molecule has 1 fully saturated rings. The predicted octanol–water partition coefficient (Wildman–Crippen LogP) is 3.18. The number of alkyl halides is 3. The number of ether oxygens (including phenoxy) is 1. The molecule has 20 heavy (non-hydrogen) atoms. The molecule has 112 valence electrons. The van der Waals surface area contributed by atoms with E-state index in [4.69, 9.17) is 4.74 Å². The molecular formula is C14H18F3NO2. The highest BCUT2D eigenvalue weighted by Crippen LogP contribution is 2.35. The molecule has 0 radical (unpaired) electrons. The second-order valence-corrected chi connectivity index (χ2v) is 5.09. The molecule has 3 nitrogen and oxygen atoms in total. The summed E-state index contributed by atoms with van der Waals surface area (Å²) in [5, 5.41) is 9.85. The number of rotatable bonds is 3. The van der Waals surface area contributed by atoms with Crippen molar-refractivity contribution in [3.05, 3.63) is 23.8 Å². The van der Waals surface area contributed by atoms with Crippen molar-refractivity contribution in [3.8, 4) is 11.5 Å². The van der Waals surface area contributed by atoms with Gasteiger partial charge >= 0.3 is 6.18 Å². The van der Waals surface area contributed by atoms with Gasteiger partial charge in [0.05, 0.1) is 13.0 Å². The minimum atomic E-state index is -4.09. The topological polar surface area (TPSA) is 32.7 Å². The lowest BCUT2D eigenvalue weighted by Gasteiger charge is -2.32. The Labute approximate surface area is 116 Å². The van der Waals surface area contributed by atoms with Crippen LogP contribution in [-0.4, -0.2) is 36.4 Å². The van der Waals surface area contributed by atoms with E-state index in [1.807, 2.05) is 4.90 Å². The maximum absolute atomic E-state index is 12.6. The number of methoxy groups -OCH3 is 1. The molecule has 6 heteroatoms. The average Bonchev–Trinajstić information content (AvgIpc) is 2.40. The van der Waals surface area contributed by atoms with Gasteiger partial charge in [0.2, 0.25) is 0 Å². The van der Waals surface area contributed by atoms with Crippen molar-refractivity contribution < 1.29 is 23.0 Å². The highest BCUT2D eigenvalue weighted by molar-refractivity contribution is 5.39. The monoisotopic (exact) mass is 289 g/mol. The molecule has 1 saturated heterocycles. The number of hydrogen-bond acceptors (Lipinski definition) is 3. The standard InChI is InChI=1S/C14H18F3NO2/c1-20-12-3-2-10(13(19)8-12)9-18-6-4-11(5-7-18)14(15,16)17/h2-3,8,11,19H,4-7,9H2,1H3. The first-order valence-corrected chi connectivity index (χ1v) is 6.55. The molecule has 0 bridgehead atoms. The number of hydrogen-bond donors (Lipinski definition) is 1. The van der Waals surface area contributed by atoms with Gasteiger partial charge in [-0.1, -0.05) is 6.07 Å². The molecule has 0 atom stereocenters. The number of phenols is 1. The summed E-state index contributed by atoms with van der Waals surface area (Å²) in [6.45, 7) is 1.26. The molecule has 0 unspecified atom stereocenters. The largest absolute Gasteiger partial charge is 0.507 e. The molecule has 0 aliphatic carbocycles. The van der Waals surface area contributed by atoms with Crippen molar-refractivity contribution in [3.63, 3.8) is 0 Å². The zero-order valence-electron chi connectivity index (χ0n) is 11.3. The normalized spacial score (nSPS) is 18.2. The Morgan fingerprint density at radius 2 is 1.95 bits per heavy atom. The lowest BCUT2D eigenvalue weighted by Crippen LogP contribution is -2.38. The lowest BCUT2D eigenvalue weighted by atomic mass is 9.96. The van der Waals surface area contributed by atoms with Gasteiger partial charge in [-0.25, -0.2) is 0 Å². The third-order valence-electron chi connectivity index (χ3n) is 3.74. The van der Waals surface area contributed by atoms with E-state index in [0.717, 1.165) is 0 Å². The first-order chi connectivity index (χ1) is 9.40. The van der Waals surface area contributed by atoms with E-state index >= 15 is 0 Å². The summed E-state index contributed by atoms with van der Waals surface area (Å²) in [4.78, 5) is 1.93. The van der Waals surface area contributed by atoms with Gasteiger partial charge in [0.1, 0.15) is 11.5 Å². The van der Waals surface area contributed by atoms with Gasteiger partial charge in [0, 0.05) is 18.2 Å². The fraction of sp³-hybridized carbons (Fsp3) is 0.571. The second-order valence-electron chi connectivity index (χ2n) is 5.09. The Morgan fingerprint density at radius 3 is 2.45 bits per heavy atom. The Morgan fingerprint density at radius 1 is 1.30 bits per heavy atom. The van der Waals surface area contributed by atoms with E-state index in [2.05, 4.69) is 0 Å². The number of piperidine rings is 1. The molecule has 0 spiro atoms. The fourth-order valence-electron chi connectivity index (χ4n) is 2.46. The molecule has 0 saturated carbocycles. The number of halogens is 3. The number of benzene rings is 1. The molecule has 1 aromatic carbocycles. The minimum absolute atomic E-state index is 0.113. The van der Waals surface area contributed by atoms with Crippen LogP contribution >= 0.6 is 0 Å². The fourth-order valence-corrected chi connectivity index (χ4v) is 2.46. The summed E-state index contributed by atoms with van der Waals surface area (Å²) in [6.07, 6.45) is -3.84. The maximum Gasteiger partial charge on any atom is 0.391 e. The Hall–Kier alpha value is -1.43. The number of aromatic hydroxyl groups is 1. The smallest absolute Gasteiger partial charge is 0.391 e. The van der Waals surface area contributed by atoms with Gasteiger partial charge in [-0.2, -0.15) is 13.2 Å². The van der Waals surface area contributed by atoms with E-state index in [9.17, 15) is 18.3 Å². The Balaban J connectivity index is 1.93. The first-order valence-electron chi connectivity index (χ1n) is 6.55. The van der Waals surface area contributed by atoms with Crippen LogP contribution in [0, 0.1) is 5.92 Å². The van der Waals surface area contributed by atoms with Crippen LogP contribution in [0.4, 0.5) is 13.2 Å². The quantitative estimate of drug-likeness (QED) is 0.927. The lowest BCUT2D eigenvalue weighted by molar-refractivity contribution is -0.185.